The van der Waals surface area contributed by atoms with Gasteiger partial charge >= 0.3 is 0 Å². The molecule has 2 heterocycles. The van der Waals surface area contributed by atoms with Crippen molar-refractivity contribution in [1.82, 2.24) is 4.57 Å². The van der Waals surface area contributed by atoms with Crippen LogP contribution in [0.2, 0.25) is 0 Å². The normalized spacial score (nSPS) is 12.2. The van der Waals surface area contributed by atoms with Gasteiger partial charge in [-0.2, -0.15) is 0 Å². The summed E-state index contributed by atoms with van der Waals surface area (Å²) in [6.45, 7) is 0. The fourth-order valence-corrected chi connectivity index (χ4v) is 8.79. The minimum Gasteiger partial charge on any atom is -0.309 e. The Balaban J connectivity index is 1.01. The van der Waals surface area contributed by atoms with Crippen LogP contribution in [0.5, 0.6) is 0 Å². The van der Waals surface area contributed by atoms with Gasteiger partial charge in [0.15, 0.2) is 0 Å². The van der Waals surface area contributed by atoms with E-state index in [1.54, 1.807) is 0 Å². The predicted octanol–water partition coefficient (Wildman–Crippen LogP) is 14.3. The quantitative estimate of drug-likeness (QED) is 0.123. The van der Waals surface area contributed by atoms with E-state index in [2.05, 4.69) is 216 Å². The topological polar surface area (TPSA) is 20.5 Å². The van der Waals surface area contributed by atoms with Gasteiger partial charge in [-0.3, -0.25) is 4.90 Å². The van der Waals surface area contributed by atoms with Crippen molar-refractivity contribution >= 4 is 55.8 Å². The highest BCUT2D eigenvalue weighted by Crippen LogP contribution is 2.52. The van der Waals surface area contributed by atoms with Crippen LogP contribution in [0.1, 0.15) is 11.1 Å². The van der Waals surface area contributed by atoms with Gasteiger partial charge < -0.3 is 4.57 Å². The highest BCUT2D eigenvalue weighted by molar-refractivity contribution is 6.15. The van der Waals surface area contributed by atoms with Crippen LogP contribution in [0.15, 0.2) is 211 Å². The molecular weight excluding hydrogens is 691 g/mol. The molecule has 0 fully saturated rings. The fraction of sp³-hybridized carbons (Fsp3) is 0.0185. The van der Waals surface area contributed by atoms with Gasteiger partial charge in [0.25, 0.3) is 0 Å². The molecule has 0 radical (unpaired) electrons. The molecule has 0 saturated carbocycles. The van der Waals surface area contributed by atoms with Gasteiger partial charge in [0, 0.05) is 27.8 Å². The number of para-hydroxylation sites is 4. The number of aliphatic imine (C=N–C) groups is 1. The fourth-order valence-electron chi connectivity index (χ4n) is 8.79. The third-order valence-electron chi connectivity index (χ3n) is 11.5. The molecule has 0 unspecified atom stereocenters. The van der Waals surface area contributed by atoms with Gasteiger partial charge in [0.05, 0.1) is 28.3 Å². The molecule has 0 saturated heterocycles. The Bertz CT molecular complexity index is 3160. The maximum Gasteiger partial charge on any atom is 0.100 e. The summed E-state index contributed by atoms with van der Waals surface area (Å²) in [5.74, 6) is 0. The lowest BCUT2D eigenvalue weighted by molar-refractivity contribution is 1.14. The largest absolute Gasteiger partial charge is 0.309 e. The number of anilines is 2. The van der Waals surface area contributed by atoms with Gasteiger partial charge in [0.2, 0.25) is 0 Å². The molecule has 10 aromatic rings. The first kappa shape index (κ1) is 32.9. The zero-order valence-electron chi connectivity index (χ0n) is 31.3. The maximum atomic E-state index is 5.28. The van der Waals surface area contributed by atoms with E-state index in [1.165, 1.54) is 71.5 Å². The molecule has 0 bridgehead atoms. The number of hydrogen-bond donors (Lipinski definition) is 0. The highest BCUT2D eigenvalue weighted by atomic mass is 15.2. The molecule has 1 aliphatic heterocycles. The molecule has 11 rings (SSSR count). The molecule has 57 heavy (non-hydrogen) atoms. The van der Waals surface area contributed by atoms with E-state index >= 15 is 0 Å². The lowest BCUT2D eigenvalue weighted by atomic mass is 9.96. The van der Waals surface area contributed by atoms with Gasteiger partial charge in [-0.15, -0.1) is 0 Å². The molecule has 3 nitrogen and oxygen atoms in total. The lowest BCUT2D eigenvalue weighted by Crippen LogP contribution is -2.15. The molecule has 1 aromatic heterocycles. The predicted molar refractivity (Wildman–Crippen MR) is 241 cm³/mol. The van der Waals surface area contributed by atoms with Crippen molar-refractivity contribution in [2.75, 3.05) is 4.90 Å². The number of hydrogen-bond acceptors (Lipinski definition) is 1. The molecule has 0 spiro atoms. The van der Waals surface area contributed by atoms with Crippen molar-refractivity contribution in [3.8, 4) is 39.2 Å². The standard InChI is InChI=1S/C54H37N3/c1-2-16-41-35-43(33-32-38(41)14-1)57-52-27-12-7-21-47(52)53-46-20-6-10-25-50(46)56(51-26-11-8-22-48(51)54(53)57)36-55-49-24-9-4-17-42(49)34-37-28-30-40(31-29-37)45-23-13-18-39-15-3-5-19-44(39)45/h1-33,35-36H,34H2. The summed E-state index contributed by atoms with van der Waals surface area (Å²) in [6, 6.07) is 74.4. The smallest absolute Gasteiger partial charge is 0.100 e. The summed E-state index contributed by atoms with van der Waals surface area (Å²) in [5, 5.41) is 6.20. The summed E-state index contributed by atoms with van der Waals surface area (Å²) < 4.78 is 2.45. The van der Waals surface area contributed by atoms with E-state index in [9.17, 15) is 0 Å². The van der Waals surface area contributed by atoms with E-state index in [1.807, 2.05) is 6.34 Å². The van der Waals surface area contributed by atoms with E-state index in [-0.39, 0.29) is 0 Å². The second-order valence-corrected chi connectivity index (χ2v) is 14.8. The van der Waals surface area contributed by atoms with Crippen molar-refractivity contribution in [1.29, 1.82) is 0 Å². The van der Waals surface area contributed by atoms with Crippen LogP contribution >= 0.6 is 0 Å². The Morgan fingerprint density at radius 3 is 1.95 bits per heavy atom. The number of aromatic nitrogens is 1. The van der Waals surface area contributed by atoms with Crippen molar-refractivity contribution in [3.63, 3.8) is 0 Å². The molecule has 0 atom stereocenters. The summed E-state index contributed by atoms with van der Waals surface area (Å²) in [4.78, 5) is 7.56. The zero-order valence-corrected chi connectivity index (χ0v) is 31.3. The first-order valence-corrected chi connectivity index (χ1v) is 19.6. The maximum absolute atomic E-state index is 5.28. The molecule has 3 heteroatoms. The van der Waals surface area contributed by atoms with Gasteiger partial charge in [-0.25, -0.2) is 4.99 Å². The van der Waals surface area contributed by atoms with Crippen molar-refractivity contribution in [3.05, 3.63) is 217 Å². The minimum atomic E-state index is 0.782. The van der Waals surface area contributed by atoms with Gasteiger partial charge in [-0.05, 0) is 86.6 Å². The van der Waals surface area contributed by atoms with Crippen LogP contribution in [0.3, 0.4) is 0 Å². The van der Waals surface area contributed by atoms with E-state index in [4.69, 9.17) is 4.99 Å². The van der Waals surface area contributed by atoms with Crippen LogP contribution in [0.25, 0.3) is 71.6 Å². The van der Waals surface area contributed by atoms with Crippen LogP contribution in [-0.4, -0.2) is 10.9 Å². The van der Waals surface area contributed by atoms with Gasteiger partial charge in [0.1, 0.15) is 6.34 Å². The Labute approximate surface area is 332 Å². The monoisotopic (exact) mass is 727 g/mol. The molecule has 0 aliphatic carbocycles. The lowest BCUT2D eigenvalue weighted by Gasteiger charge is -2.23. The number of nitrogens with zero attached hydrogens (tertiary/aromatic N) is 3. The van der Waals surface area contributed by atoms with Gasteiger partial charge in [-0.1, -0.05) is 170 Å². The average Bonchev–Trinajstić information content (AvgIpc) is 3.56. The highest BCUT2D eigenvalue weighted by Gasteiger charge is 2.30. The molecular formula is C54H37N3. The third-order valence-corrected chi connectivity index (χ3v) is 11.5. The Morgan fingerprint density at radius 2 is 1.09 bits per heavy atom. The molecule has 1 aliphatic rings. The second-order valence-electron chi connectivity index (χ2n) is 14.8. The van der Waals surface area contributed by atoms with Crippen molar-refractivity contribution in [2.24, 2.45) is 4.99 Å². The number of benzene rings is 9. The Morgan fingerprint density at radius 1 is 0.456 bits per heavy atom. The number of fused-ring (bicyclic) bond motifs is 9. The SMILES string of the molecule is C(=Nc1ccccc1Cc1ccc(-c2cccc3ccccc23)cc1)N1c2ccccc2-c2c(n(-c3ccc4ccccc4c3)c3ccccc23)-c2ccccc21. The summed E-state index contributed by atoms with van der Waals surface area (Å²) in [6.07, 6.45) is 2.80. The zero-order chi connectivity index (χ0) is 37.7. The molecule has 0 amide bonds. The van der Waals surface area contributed by atoms with Crippen LogP contribution in [0.4, 0.5) is 17.1 Å². The average molecular weight is 728 g/mol. The minimum absolute atomic E-state index is 0.782. The molecule has 0 N–H and O–H groups in total. The first-order chi connectivity index (χ1) is 28.3. The van der Waals surface area contributed by atoms with Crippen molar-refractivity contribution < 1.29 is 0 Å². The second kappa shape index (κ2) is 13.7. The van der Waals surface area contributed by atoms with Crippen LogP contribution in [0, 0.1) is 0 Å². The van der Waals surface area contributed by atoms with Crippen LogP contribution in [-0.2, 0) is 6.42 Å². The van der Waals surface area contributed by atoms with E-state index in [0.717, 1.165) is 34.7 Å². The molecule has 268 valence electrons. The summed E-state index contributed by atoms with van der Waals surface area (Å²) in [7, 11) is 0. The van der Waals surface area contributed by atoms with Crippen molar-refractivity contribution in [2.45, 2.75) is 6.42 Å². The summed E-state index contributed by atoms with van der Waals surface area (Å²) >= 11 is 0. The Kier molecular flexibility index (Phi) is 7.89. The third kappa shape index (κ3) is 5.63. The van der Waals surface area contributed by atoms with E-state index < -0.39 is 0 Å². The summed E-state index contributed by atoms with van der Waals surface area (Å²) in [5.41, 5.74) is 15.1. The number of rotatable bonds is 6. The van der Waals surface area contributed by atoms with Crippen LogP contribution < -0.4 is 4.90 Å². The van der Waals surface area contributed by atoms with E-state index in [0.29, 0.717) is 0 Å². The molecule has 9 aromatic carbocycles. The Hall–Kier alpha value is -7.49. The first-order valence-electron chi connectivity index (χ1n) is 19.6.